The smallest absolute Gasteiger partial charge is 0.321 e. The Hall–Kier alpha value is -2.30. The standard InChI is InChI=1S/C22H31N3O2/c1-15(2)14-18-19(22(18,3)4)20(26)23-17-10-12-25(13-11-17)21(27)24-16-8-6-5-7-9-16/h5-9,14,17-19H,10-13H2,1-4H3,(H,23,26)(H,24,27)/t18-,19+/m1/s1. The van der Waals surface area contributed by atoms with E-state index in [2.05, 4.69) is 44.4 Å². The molecule has 3 amide bonds. The molecule has 0 aromatic heterocycles. The van der Waals surface area contributed by atoms with Crippen molar-refractivity contribution in [3.8, 4) is 0 Å². The molecular weight excluding hydrogens is 338 g/mol. The molecule has 3 rings (SSSR count). The third kappa shape index (κ3) is 4.52. The van der Waals surface area contributed by atoms with Crippen LogP contribution in [0.15, 0.2) is 42.0 Å². The van der Waals surface area contributed by atoms with Gasteiger partial charge in [-0.1, -0.05) is 43.7 Å². The molecule has 2 N–H and O–H groups in total. The quantitative estimate of drug-likeness (QED) is 0.787. The molecule has 2 atom stereocenters. The molecule has 0 bridgehead atoms. The Morgan fingerprint density at radius 1 is 1.11 bits per heavy atom. The van der Waals surface area contributed by atoms with Gasteiger partial charge in [0.15, 0.2) is 0 Å². The van der Waals surface area contributed by atoms with Crippen molar-refractivity contribution >= 4 is 17.6 Å². The third-order valence-corrected chi connectivity index (χ3v) is 5.86. The summed E-state index contributed by atoms with van der Waals surface area (Å²) < 4.78 is 0. The summed E-state index contributed by atoms with van der Waals surface area (Å²) in [6.07, 6.45) is 3.82. The van der Waals surface area contributed by atoms with Crippen LogP contribution in [0.2, 0.25) is 0 Å². The lowest BCUT2D eigenvalue weighted by Gasteiger charge is -2.32. The molecular formula is C22H31N3O2. The van der Waals surface area contributed by atoms with Crippen LogP contribution < -0.4 is 10.6 Å². The van der Waals surface area contributed by atoms with Crippen molar-refractivity contribution in [3.05, 3.63) is 42.0 Å². The highest BCUT2D eigenvalue weighted by Gasteiger charge is 2.60. The van der Waals surface area contributed by atoms with Crippen LogP contribution in [0.25, 0.3) is 0 Å². The second-order valence-electron chi connectivity index (χ2n) is 8.63. The van der Waals surface area contributed by atoms with E-state index in [1.807, 2.05) is 35.2 Å². The fraction of sp³-hybridized carbons (Fsp3) is 0.545. The number of hydrogen-bond acceptors (Lipinski definition) is 2. The van der Waals surface area contributed by atoms with Gasteiger partial charge in [-0.25, -0.2) is 4.79 Å². The maximum Gasteiger partial charge on any atom is 0.321 e. The van der Waals surface area contributed by atoms with Gasteiger partial charge in [0.05, 0.1) is 5.92 Å². The first-order chi connectivity index (χ1) is 12.8. The molecule has 146 valence electrons. The largest absolute Gasteiger partial charge is 0.353 e. The van der Waals surface area contributed by atoms with E-state index in [0.29, 0.717) is 19.0 Å². The number of rotatable bonds is 4. The van der Waals surface area contributed by atoms with Crippen LogP contribution in [0.4, 0.5) is 10.5 Å². The van der Waals surface area contributed by atoms with E-state index in [0.717, 1.165) is 18.5 Å². The highest BCUT2D eigenvalue weighted by Crippen LogP contribution is 2.59. The maximum atomic E-state index is 12.7. The van der Waals surface area contributed by atoms with E-state index in [4.69, 9.17) is 0 Å². The number of likely N-dealkylation sites (tertiary alicyclic amines) is 1. The van der Waals surface area contributed by atoms with Crippen molar-refractivity contribution in [3.63, 3.8) is 0 Å². The van der Waals surface area contributed by atoms with Crippen LogP contribution in [0.5, 0.6) is 0 Å². The third-order valence-electron chi connectivity index (χ3n) is 5.86. The fourth-order valence-electron chi connectivity index (χ4n) is 4.09. The van der Waals surface area contributed by atoms with Gasteiger partial charge in [-0.2, -0.15) is 0 Å². The molecule has 5 heteroatoms. The molecule has 1 aliphatic carbocycles. The summed E-state index contributed by atoms with van der Waals surface area (Å²) in [5, 5.41) is 6.15. The van der Waals surface area contributed by atoms with Gasteiger partial charge in [0.1, 0.15) is 0 Å². The summed E-state index contributed by atoms with van der Waals surface area (Å²) in [4.78, 5) is 26.9. The first kappa shape index (κ1) is 19.5. The van der Waals surface area contributed by atoms with Gasteiger partial charge in [0.2, 0.25) is 5.91 Å². The van der Waals surface area contributed by atoms with Gasteiger partial charge in [-0.3, -0.25) is 4.79 Å². The van der Waals surface area contributed by atoms with E-state index < -0.39 is 0 Å². The second-order valence-corrected chi connectivity index (χ2v) is 8.63. The van der Waals surface area contributed by atoms with Gasteiger partial charge in [-0.15, -0.1) is 0 Å². The highest BCUT2D eigenvalue weighted by molar-refractivity contribution is 5.89. The predicted molar refractivity (Wildman–Crippen MR) is 108 cm³/mol. The number of carbonyl (C=O) groups excluding carboxylic acids is 2. The summed E-state index contributed by atoms with van der Waals surface area (Å²) in [5.41, 5.74) is 2.11. The van der Waals surface area contributed by atoms with E-state index in [9.17, 15) is 9.59 Å². The van der Waals surface area contributed by atoms with Crippen molar-refractivity contribution in [1.82, 2.24) is 10.2 Å². The van der Waals surface area contributed by atoms with Gasteiger partial charge in [-0.05, 0) is 50.2 Å². The van der Waals surface area contributed by atoms with E-state index >= 15 is 0 Å². The van der Waals surface area contributed by atoms with Gasteiger partial charge >= 0.3 is 6.03 Å². The molecule has 1 saturated heterocycles. The lowest BCUT2D eigenvalue weighted by molar-refractivity contribution is -0.124. The second kappa shape index (κ2) is 7.75. The van der Waals surface area contributed by atoms with Crippen LogP contribution >= 0.6 is 0 Å². The molecule has 2 aliphatic rings. The first-order valence-corrected chi connectivity index (χ1v) is 9.85. The van der Waals surface area contributed by atoms with Crippen molar-refractivity contribution in [2.75, 3.05) is 18.4 Å². The Bertz CT molecular complexity index is 714. The number of benzene rings is 1. The zero-order chi connectivity index (χ0) is 19.6. The molecule has 0 radical (unpaired) electrons. The van der Waals surface area contributed by atoms with Crippen LogP contribution in [0.3, 0.4) is 0 Å². The number of anilines is 1. The minimum absolute atomic E-state index is 0.0393. The molecule has 5 nitrogen and oxygen atoms in total. The zero-order valence-corrected chi connectivity index (χ0v) is 16.8. The Morgan fingerprint density at radius 3 is 2.33 bits per heavy atom. The molecule has 1 heterocycles. The summed E-state index contributed by atoms with van der Waals surface area (Å²) in [6.45, 7) is 9.82. The van der Waals surface area contributed by atoms with Gasteiger partial charge in [0, 0.05) is 24.8 Å². The number of amides is 3. The van der Waals surface area contributed by atoms with Gasteiger partial charge in [0.25, 0.3) is 0 Å². The highest BCUT2D eigenvalue weighted by atomic mass is 16.2. The van der Waals surface area contributed by atoms with Crippen LogP contribution in [0.1, 0.15) is 40.5 Å². The molecule has 27 heavy (non-hydrogen) atoms. The Labute approximate surface area is 162 Å². The number of piperidine rings is 1. The van der Waals surface area contributed by atoms with E-state index in [1.54, 1.807) is 0 Å². The Morgan fingerprint density at radius 2 is 1.74 bits per heavy atom. The minimum atomic E-state index is -0.0714. The maximum absolute atomic E-state index is 12.7. The topological polar surface area (TPSA) is 61.4 Å². The number of hydrogen-bond donors (Lipinski definition) is 2. The molecule has 2 fully saturated rings. The predicted octanol–water partition coefficient (Wildman–Crippen LogP) is 4.04. The lowest BCUT2D eigenvalue weighted by Crippen LogP contribution is -2.48. The number of nitrogens with zero attached hydrogens (tertiary/aromatic N) is 1. The average molecular weight is 370 g/mol. The zero-order valence-electron chi connectivity index (χ0n) is 16.8. The number of carbonyl (C=O) groups is 2. The number of nitrogens with one attached hydrogen (secondary N) is 2. The summed E-state index contributed by atoms with van der Waals surface area (Å²) in [5.74, 6) is 0.556. The summed E-state index contributed by atoms with van der Waals surface area (Å²) in [6, 6.07) is 9.57. The molecule has 1 aromatic carbocycles. The van der Waals surface area contributed by atoms with Crippen molar-refractivity contribution in [2.24, 2.45) is 17.3 Å². The Balaban J connectivity index is 1.46. The number of allylic oxidation sites excluding steroid dienone is 2. The van der Waals surface area contributed by atoms with Crippen molar-refractivity contribution in [2.45, 2.75) is 46.6 Å². The minimum Gasteiger partial charge on any atom is -0.353 e. The van der Waals surface area contributed by atoms with E-state index in [-0.39, 0.29) is 29.3 Å². The van der Waals surface area contributed by atoms with Crippen molar-refractivity contribution < 1.29 is 9.59 Å². The van der Waals surface area contributed by atoms with Crippen LogP contribution in [0, 0.1) is 17.3 Å². The fourth-order valence-corrected chi connectivity index (χ4v) is 4.09. The molecule has 0 unspecified atom stereocenters. The van der Waals surface area contributed by atoms with Gasteiger partial charge < -0.3 is 15.5 Å². The van der Waals surface area contributed by atoms with Crippen molar-refractivity contribution in [1.29, 1.82) is 0 Å². The number of urea groups is 1. The molecule has 1 saturated carbocycles. The van der Waals surface area contributed by atoms with Crippen LogP contribution in [-0.4, -0.2) is 36.0 Å². The molecule has 1 aliphatic heterocycles. The normalized spacial score (nSPS) is 24.1. The lowest BCUT2D eigenvalue weighted by atomic mass is 10.0. The SMILES string of the molecule is CC(C)=C[C@@H]1[C@@H](C(=O)NC2CCN(C(=O)Nc3ccccc3)CC2)C1(C)C. The Kier molecular flexibility index (Phi) is 5.59. The molecule has 1 aromatic rings. The number of para-hydroxylation sites is 1. The summed E-state index contributed by atoms with van der Waals surface area (Å²) >= 11 is 0. The molecule has 0 spiro atoms. The summed E-state index contributed by atoms with van der Waals surface area (Å²) in [7, 11) is 0. The average Bonchev–Trinajstić information content (AvgIpc) is 3.15. The first-order valence-electron chi connectivity index (χ1n) is 9.85. The van der Waals surface area contributed by atoms with Crippen LogP contribution in [-0.2, 0) is 4.79 Å². The monoisotopic (exact) mass is 369 g/mol. The van der Waals surface area contributed by atoms with E-state index in [1.165, 1.54) is 5.57 Å².